The van der Waals surface area contributed by atoms with Gasteiger partial charge in [0.2, 0.25) is 0 Å². The number of hydrogen-bond acceptors (Lipinski definition) is 3. The third kappa shape index (κ3) is 1.80. The van der Waals surface area contributed by atoms with Gasteiger partial charge in [0, 0.05) is 0 Å². The molecule has 1 saturated heterocycles. The van der Waals surface area contributed by atoms with Crippen LogP contribution in [0.5, 0.6) is 0 Å². The second kappa shape index (κ2) is 3.83. The lowest BCUT2D eigenvalue weighted by molar-refractivity contribution is 0.00578. The van der Waals surface area contributed by atoms with Gasteiger partial charge in [-0.2, -0.15) is 11.3 Å². The Bertz CT molecular complexity index is 572. The zero-order chi connectivity index (χ0) is 13.0. The zero-order valence-electron chi connectivity index (χ0n) is 11.2. The molecular formula is C14H17BO2S. The Labute approximate surface area is 112 Å². The molecule has 0 atom stereocenters. The summed E-state index contributed by atoms with van der Waals surface area (Å²) in [6.45, 7) is 8.32. The smallest absolute Gasteiger partial charge is 0.399 e. The van der Waals surface area contributed by atoms with Crippen molar-refractivity contribution in [3.63, 3.8) is 0 Å². The number of rotatable bonds is 1. The summed E-state index contributed by atoms with van der Waals surface area (Å²) < 4.78 is 12.1. The van der Waals surface area contributed by atoms with Crippen LogP contribution in [0.1, 0.15) is 27.7 Å². The average molecular weight is 260 g/mol. The van der Waals surface area contributed by atoms with E-state index in [1.54, 1.807) is 11.3 Å². The van der Waals surface area contributed by atoms with Gasteiger partial charge in [-0.05, 0) is 54.7 Å². The van der Waals surface area contributed by atoms with Crippen molar-refractivity contribution in [2.75, 3.05) is 0 Å². The zero-order valence-corrected chi connectivity index (χ0v) is 12.0. The Morgan fingerprint density at radius 3 is 2.22 bits per heavy atom. The molecule has 1 fully saturated rings. The largest absolute Gasteiger partial charge is 0.494 e. The average Bonchev–Trinajstić information content (AvgIpc) is 2.80. The lowest BCUT2D eigenvalue weighted by atomic mass is 9.78. The number of benzene rings is 1. The number of hydrogen-bond donors (Lipinski definition) is 0. The Morgan fingerprint density at radius 2 is 1.56 bits per heavy atom. The topological polar surface area (TPSA) is 18.5 Å². The van der Waals surface area contributed by atoms with Gasteiger partial charge in [-0.25, -0.2) is 0 Å². The highest BCUT2D eigenvalue weighted by atomic mass is 32.1. The van der Waals surface area contributed by atoms with Crippen LogP contribution in [0.15, 0.2) is 29.0 Å². The summed E-state index contributed by atoms with van der Waals surface area (Å²) in [4.78, 5) is 0. The van der Waals surface area contributed by atoms with Gasteiger partial charge in [-0.15, -0.1) is 0 Å². The van der Waals surface area contributed by atoms with Crippen LogP contribution in [0.25, 0.3) is 10.8 Å². The molecule has 2 heterocycles. The Hall–Kier alpha value is -0.835. The molecular weight excluding hydrogens is 243 g/mol. The third-order valence-corrected chi connectivity index (χ3v) is 4.81. The van der Waals surface area contributed by atoms with E-state index in [-0.39, 0.29) is 18.3 Å². The molecule has 3 rings (SSSR count). The second-order valence-electron chi connectivity index (χ2n) is 5.85. The van der Waals surface area contributed by atoms with Crippen molar-refractivity contribution in [2.45, 2.75) is 38.9 Å². The number of fused-ring (bicyclic) bond motifs is 1. The molecule has 1 aromatic carbocycles. The second-order valence-corrected chi connectivity index (χ2v) is 6.59. The number of thiophene rings is 1. The van der Waals surface area contributed by atoms with E-state index in [1.165, 1.54) is 10.8 Å². The summed E-state index contributed by atoms with van der Waals surface area (Å²) in [7, 11) is -0.265. The van der Waals surface area contributed by atoms with Gasteiger partial charge in [0.15, 0.2) is 0 Å². The minimum absolute atomic E-state index is 0.265. The van der Waals surface area contributed by atoms with E-state index in [9.17, 15) is 0 Å². The molecule has 4 heteroatoms. The van der Waals surface area contributed by atoms with Gasteiger partial charge in [-0.1, -0.05) is 18.2 Å². The van der Waals surface area contributed by atoms with Crippen LogP contribution in [0.4, 0.5) is 0 Å². The van der Waals surface area contributed by atoms with Gasteiger partial charge in [-0.3, -0.25) is 0 Å². The first kappa shape index (κ1) is 12.2. The summed E-state index contributed by atoms with van der Waals surface area (Å²) in [5.41, 5.74) is 0.544. The molecule has 0 spiro atoms. The van der Waals surface area contributed by atoms with Gasteiger partial charge >= 0.3 is 7.12 Å². The van der Waals surface area contributed by atoms with E-state index in [2.05, 4.69) is 56.7 Å². The maximum atomic E-state index is 6.06. The van der Waals surface area contributed by atoms with Crippen molar-refractivity contribution in [3.05, 3.63) is 29.0 Å². The monoisotopic (exact) mass is 260 g/mol. The van der Waals surface area contributed by atoms with Gasteiger partial charge in [0.05, 0.1) is 11.2 Å². The van der Waals surface area contributed by atoms with Crippen LogP contribution in [0, 0.1) is 0 Å². The normalized spacial score (nSPS) is 21.7. The molecule has 1 aromatic heterocycles. The molecule has 0 N–H and O–H groups in total. The summed E-state index contributed by atoms with van der Waals surface area (Å²) in [5.74, 6) is 0. The van der Waals surface area contributed by atoms with E-state index >= 15 is 0 Å². The lowest BCUT2D eigenvalue weighted by Crippen LogP contribution is -2.41. The lowest BCUT2D eigenvalue weighted by Gasteiger charge is -2.32. The van der Waals surface area contributed by atoms with E-state index in [4.69, 9.17) is 9.31 Å². The van der Waals surface area contributed by atoms with Gasteiger partial charge < -0.3 is 9.31 Å². The van der Waals surface area contributed by atoms with Crippen LogP contribution in [-0.2, 0) is 9.31 Å². The first-order chi connectivity index (χ1) is 8.39. The fourth-order valence-electron chi connectivity index (χ4n) is 2.11. The molecule has 2 nitrogen and oxygen atoms in total. The third-order valence-electron chi connectivity index (χ3n) is 4.03. The molecule has 0 amide bonds. The SMILES string of the molecule is CC1(C)OB(c2ccc3cscc3c2)OC1(C)C. The quantitative estimate of drug-likeness (QED) is 0.733. The summed E-state index contributed by atoms with van der Waals surface area (Å²) in [6.07, 6.45) is 0. The molecule has 94 valence electrons. The summed E-state index contributed by atoms with van der Waals surface area (Å²) in [5, 5.41) is 6.85. The van der Waals surface area contributed by atoms with Gasteiger partial charge in [0.1, 0.15) is 0 Å². The summed E-state index contributed by atoms with van der Waals surface area (Å²) in [6, 6.07) is 6.39. The molecule has 1 aliphatic rings. The van der Waals surface area contributed by atoms with Crippen molar-refractivity contribution in [1.29, 1.82) is 0 Å². The maximum Gasteiger partial charge on any atom is 0.494 e. The highest BCUT2D eigenvalue weighted by molar-refractivity contribution is 7.09. The molecule has 0 unspecified atom stereocenters. The predicted molar refractivity (Wildman–Crippen MR) is 77.5 cm³/mol. The van der Waals surface area contributed by atoms with Crippen LogP contribution < -0.4 is 5.46 Å². The molecule has 18 heavy (non-hydrogen) atoms. The molecule has 2 aromatic rings. The highest BCUT2D eigenvalue weighted by Crippen LogP contribution is 2.36. The van der Waals surface area contributed by atoms with Gasteiger partial charge in [0.25, 0.3) is 0 Å². The maximum absolute atomic E-state index is 6.06. The Kier molecular flexibility index (Phi) is 2.60. The van der Waals surface area contributed by atoms with Crippen LogP contribution in [-0.4, -0.2) is 18.3 Å². The molecule has 0 bridgehead atoms. The fourth-order valence-corrected chi connectivity index (χ4v) is 2.89. The first-order valence-electron chi connectivity index (χ1n) is 6.21. The van der Waals surface area contributed by atoms with E-state index in [1.807, 2.05) is 0 Å². The van der Waals surface area contributed by atoms with E-state index in [0.29, 0.717) is 0 Å². The fraction of sp³-hybridized carbons (Fsp3) is 0.429. The minimum atomic E-state index is -0.277. The molecule has 0 radical (unpaired) electrons. The minimum Gasteiger partial charge on any atom is -0.399 e. The van der Waals surface area contributed by atoms with E-state index in [0.717, 1.165) is 5.46 Å². The Morgan fingerprint density at radius 1 is 0.944 bits per heavy atom. The predicted octanol–water partition coefficient (Wildman–Crippen LogP) is 3.20. The van der Waals surface area contributed by atoms with E-state index < -0.39 is 0 Å². The summed E-state index contributed by atoms with van der Waals surface area (Å²) >= 11 is 1.72. The Balaban J connectivity index is 1.96. The molecule has 1 aliphatic heterocycles. The molecule has 0 saturated carbocycles. The van der Waals surface area contributed by atoms with Crippen molar-refractivity contribution in [1.82, 2.24) is 0 Å². The first-order valence-corrected chi connectivity index (χ1v) is 7.15. The van der Waals surface area contributed by atoms with Crippen molar-refractivity contribution in [3.8, 4) is 0 Å². The van der Waals surface area contributed by atoms with Crippen molar-refractivity contribution >= 4 is 34.7 Å². The molecule has 0 aliphatic carbocycles. The van der Waals surface area contributed by atoms with Crippen LogP contribution in [0.2, 0.25) is 0 Å². The standard InChI is InChI=1S/C14H17BO2S/c1-13(2)14(3,4)17-15(16-13)12-6-5-10-8-18-9-11(10)7-12/h5-9H,1-4H3. The van der Waals surface area contributed by atoms with Crippen LogP contribution >= 0.6 is 11.3 Å². The van der Waals surface area contributed by atoms with Crippen LogP contribution in [0.3, 0.4) is 0 Å². The highest BCUT2D eigenvalue weighted by Gasteiger charge is 2.51. The van der Waals surface area contributed by atoms with Crippen molar-refractivity contribution < 1.29 is 9.31 Å². The van der Waals surface area contributed by atoms with Crippen molar-refractivity contribution in [2.24, 2.45) is 0 Å².